The van der Waals surface area contributed by atoms with Gasteiger partial charge in [-0.1, -0.05) is 56.9 Å². The molecule has 3 unspecified atom stereocenters. The van der Waals surface area contributed by atoms with Gasteiger partial charge < -0.3 is 19.5 Å². The zero-order chi connectivity index (χ0) is 25.0. The molecule has 0 heterocycles. The highest BCUT2D eigenvalue weighted by Gasteiger charge is 2.34. The minimum atomic E-state index is -0.442. The average molecular weight is 480 g/mol. The van der Waals surface area contributed by atoms with Gasteiger partial charge in [0.15, 0.2) is 0 Å². The van der Waals surface area contributed by atoms with Crippen LogP contribution in [0.1, 0.15) is 67.3 Å². The van der Waals surface area contributed by atoms with Crippen LogP contribution in [-0.2, 0) is 9.53 Å². The second-order valence-corrected chi connectivity index (χ2v) is 8.93. The van der Waals surface area contributed by atoms with Gasteiger partial charge in [-0.2, -0.15) is 0 Å². The van der Waals surface area contributed by atoms with Crippen molar-refractivity contribution >= 4 is 11.9 Å². The van der Waals surface area contributed by atoms with Crippen LogP contribution in [0.3, 0.4) is 0 Å². The highest BCUT2D eigenvalue weighted by Crippen LogP contribution is 2.35. The standard InChI is InChI=1S/C29H37NO5/c1-4-5-6-7-8-19-35-26-17-12-22(13-18-26)28(31)30-24-14-9-23(20-24)27(29(32)34-3)21-10-15-25(33-2)16-11-21/h9-18,23-24,27H,4-8,19-20H2,1-3H3,(H,30,31). The van der Waals surface area contributed by atoms with Crippen molar-refractivity contribution in [2.75, 3.05) is 20.8 Å². The molecule has 0 aliphatic heterocycles. The molecule has 0 fully saturated rings. The number of unbranched alkanes of at least 4 members (excludes halogenated alkanes) is 4. The van der Waals surface area contributed by atoms with Gasteiger partial charge in [-0.3, -0.25) is 9.59 Å². The Morgan fingerprint density at radius 2 is 1.60 bits per heavy atom. The Balaban J connectivity index is 1.52. The van der Waals surface area contributed by atoms with Crippen molar-refractivity contribution in [3.05, 3.63) is 71.8 Å². The Morgan fingerprint density at radius 3 is 2.26 bits per heavy atom. The molecule has 6 nitrogen and oxygen atoms in total. The number of hydrogen-bond donors (Lipinski definition) is 1. The number of amides is 1. The topological polar surface area (TPSA) is 73.9 Å². The molecule has 3 atom stereocenters. The largest absolute Gasteiger partial charge is 0.497 e. The smallest absolute Gasteiger partial charge is 0.313 e. The lowest BCUT2D eigenvalue weighted by molar-refractivity contribution is -0.143. The summed E-state index contributed by atoms with van der Waals surface area (Å²) in [5.41, 5.74) is 1.44. The number of rotatable bonds is 13. The number of allylic oxidation sites excluding steroid dienone is 1. The molecule has 0 saturated heterocycles. The molecular formula is C29H37NO5. The van der Waals surface area contributed by atoms with Crippen molar-refractivity contribution in [1.29, 1.82) is 0 Å². The maximum atomic E-state index is 12.8. The van der Waals surface area contributed by atoms with Crippen molar-refractivity contribution < 1.29 is 23.8 Å². The van der Waals surface area contributed by atoms with Crippen LogP contribution >= 0.6 is 0 Å². The molecule has 0 spiro atoms. The van der Waals surface area contributed by atoms with Gasteiger partial charge in [0.05, 0.1) is 26.7 Å². The van der Waals surface area contributed by atoms with E-state index in [0.29, 0.717) is 18.6 Å². The molecule has 3 rings (SSSR count). The van der Waals surface area contributed by atoms with Gasteiger partial charge in [0, 0.05) is 11.6 Å². The van der Waals surface area contributed by atoms with Gasteiger partial charge in [-0.05, 0) is 60.7 Å². The zero-order valence-corrected chi connectivity index (χ0v) is 21.0. The molecule has 0 radical (unpaired) electrons. The highest BCUT2D eigenvalue weighted by atomic mass is 16.5. The molecule has 35 heavy (non-hydrogen) atoms. The summed E-state index contributed by atoms with van der Waals surface area (Å²) in [5.74, 6) is 0.547. The van der Waals surface area contributed by atoms with Gasteiger partial charge in [0.25, 0.3) is 5.91 Å². The predicted octanol–water partition coefficient (Wildman–Crippen LogP) is 5.68. The Kier molecular flexibility index (Phi) is 10.2. The van der Waals surface area contributed by atoms with Gasteiger partial charge >= 0.3 is 5.97 Å². The number of nitrogens with one attached hydrogen (secondary N) is 1. The molecule has 1 N–H and O–H groups in total. The first-order chi connectivity index (χ1) is 17.0. The van der Waals surface area contributed by atoms with Crippen LogP contribution in [0.5, 0.6) is 11.5 Å². The number of methoxy groups -OCH3 is 2. The van der Waals surface area contributed by atoms with E-state index in [4.69, 9.17) is 14.2 Å². The van der Waals surface area contributed by atoms with E-state index in [1.807, 2.05) is 48.6 Å². The van der Waals surface area contributed by atoms with E-state index < -0.39 is 5.92 Å². The van der Waals surface area contributed by atoms with Crippen molar-refractivity contribution in [3.8, 4) is 11.5 Å². The molecular weight excluding hydrogens is 442 g/mol. The summed E-state index contributed by atoms with van der Waals surface area (Å²) in [6.45, 7) is 2.90. The first-order valence-corrected chi connectivity index (χ1v) is 12.5. The van der Waals surface area contributed by atoms with Gasteiger partial charge in [-0.25, -0.2) is 0 Å². The summed E-state index contributed by atoms with van der Waals surface area (Å²) >= 11 is 0. The number of esters is 1. The fourth-order valence-electron chi connectivity index (χ4n) is 4.43. The van der Waals surface area contributed by atoms with Crippen molar-refractivity contribution in [2.24, 2.45) is 5.92 Å². The molecule has 0 bridgehead atoms. The molecule has 1 aliphatic rings. The number of benzene rings is 2. The van der Waals surface area contributed by atoms with Crippen molar-refractivity contribution in [1.82, 2.24) is 5.32 Å². The summed E-state index contributed by atoms with van der Waals surface area (Å²) < 4.78 is 16.1. The van der Waals surface area contributed by atoms with Crippen LogP contribution in [-0.4, -0.2) is 38.7 Å². The Bertz CT molecular complexity index is 968. The summed E-state index contributed by atoms with van der Waals surface area (Å²) in [7, 11) is 3.01. The summed E-state index contributed by atoms with van der Waals surface area (Å²) in [4.78, 5) is 25.4. The predicted molar refractivity (Wildman–Crippen MR) is 137 cm³/mol. The van der Waals surface area contributed by atoms with E-state index in [0.717, 1.165) is 23.5 Å². The first kappa shape index (κ1) is 26.3. The second kappa shape index (κ2) is 13.6. The van der Waals surface area contributed by atoms with E-state index >= 15 is 0 Å². The van der Waals surface area contributed by atoms with Crippen molar-refractivity contribution in [2.45, 2.75) is 57.4 Å². The number of carbonyl (C=O) groups excluding carboxylic acids is 2. The normalized spacial score (nSPS) is 17.6. The molecule has 0 saturated carbocycles. The minimum absolute atomic E-state index is 0.0748. The Labute approximate surface area is 208 Å². The third kappa shape index (κ3) is 7.61. The SMILES string of the molecule is CCCCCCCOc1ccc(C(=O)NC2C=CC(C(C(=O)OC)c3ccc(OC)cc3)C2)cc1. The third-order valence-corrected chi connectivity index (χ3v) is 6.42. The van der Waals surface area contributed by atoms with Crippen LogP contribution in [0.15, 0.2) is 60.7 Å². The lowest BCUT2D eigenvalue weighted by atomic mass is 9.85. The van der Waals surface area contributed by atoms with Crippen LogP contribution in [0.4, 0.5) is 0 Å². The average Bonchev–Trinajstić information content (AvgIpc) is 3.34. The summed E-state index contributed by atoms with van der Waals surface area (Å²) in [6.07, 6.45) is 10.5. The van der Waals surface area contributed by atoms with Crippen LogP contribution in [0, 0.1) is 5.92 Å². The highest BCUT2D eigenvalue weighted by molar-refractivity contribution is 5.94. The van der Waals surface area contributed by atoms with Gasteiger partial charge in [0.2, 0.25) is 0 Å². The molecule has 6 heteroatoms. The maximum absolute atomic E-state index is 12.8. The molecule has 188 valence electrons. The number of carbonyl (C=O) groups is 2. The maximum Gasteiger partial charge on any atom is 0.313 e. The molecule has 0 aromatic heterocycles. The van der Waals surface area contributed by atoms with Crippen LogP contribution < -0.4 is 14.8 Å². The summed E-state index contributed by atoms with van der Waals surface area (Å²) in [5, 5.41) is 3.06. The monoisotopic (exact) mass is 479 g/mol. The fraction of sp³-hybridized carbons (Fsp3) is 0.448. The zero-order valence-electron chi connectivity index (χ0n) is 21.0. The molecule has 1 amide bonds. The quantitative estimate of drug-likeness (QED) is 0.227. The van der Waals surface area contributed by atoms with E-state index in [2.05, 4.69) is 12.2 Å². The second-order valence-electron chi connectivity index (χ2n) is 8.93. The van der Waals surface area contributed by atoms with E-state index in [1.54, 1.807) is 19.2 Å². The lowest BCUT2D eigenvalue weighted by Gasteiger charge is -2.22. The van der Waals surface area contributed by atoms with E-state index in [-0.39, 0.29) is 23.8 Å². The molecule has 1 aliphatic carbocycles. The molecule has 2 aromatic carbocycles. The molecule has 2 aromatic rings. The van der Waals surface area contributed by atoms with Crippen molar-refractivity contribution in [3.63, 3.8) is 0 Å². The Morgan fingerprint density at radius 1 is 0.914 bits per heavy atom. The van der Waals surface area contributed by atoms with E-state index in [1.165, 1.54) is 32.8 Å². The lowest BCUT2D eigenvalue weighted by Crippen LogP contribution is -2.33. The Hall–Kier alpha value is -3.28. The van der Waals surface area contributed by atoms with Gasteiger partial charge in [0.1, 0.15) is 11.5 Å². The third-order valence-electron chi connectivity index (χ3n) is 6.42. The van der Waals surface area contributed by atoms with Crippen LogP contribution in [0.25, 0.3) is 0 Å². The number of ether oxygens (including phenoxy) is 3. The number of hydrogen-bond acceptors (Lipinski definition) is 5. The minimum Gasteiger partial charge on any atom is -0.497 e. The van der Waals surface area contributed by atoms with E-state index in [9.17, 15) is 9.59 Å². The summed E-state index contributed by atoms with van der Waals surface area (Å²) in [6, 6.07) is 14.5. The van der Waals surface area contributed by atoms with Gasteiger partial charge in [-0.15, -0.1) is 0 Å². The fourth-order valence-corrected chi connectivity index (χ4v) is 4.43. The first-order valence-electron chi connectivity index (χ1n) is 12.5. The van der Waals surface area contributed by atoms with Crippen LogP contribution in [0.2, 0.25) is 0 Å².